The van der Waals surface area contributed by atoms with Crippen molar-refractivity contribution in [3.8, 4) is 0 Å². The van der Waals surface area contributed by atoms with E-state index in [0.717, 1.165) is 48.0 Å². The molecule has 0 aliphatic rings. The minimum atomic E-state index is 0.139. The lowest BCUT2D eigenvalue weighted by molar-refractivity contribution is 0.117. The first-order valence-electron chi connectivity index (χ1n) is 8.48. The van der Waals surface area contributed by atoms with Gasteiger partial charge >= 0.3 is 0 Å². The molecule has 0 saturated carbocycles. The van der Waals surface area contributed by atoms with E-state index in [1.165, 1.54) is 5.56 Å². The van der Waals surface area contributed by atoms with E-state index in [-0.39, 0.29) is 5.43 Å². The SMILES string of the molecule is Cc1c(CCCCOCc2ccccc2)[nH]c2ccccc2c1=O. The normalized spacial score (nSPS) is 11.0. The molecule has 0 atom stereocenters. The fraction of sp³-hybridized carbons (Fsp3) is 0.286. The molecule has 0 amide bonds. The van der Waals surface area contributed by atoms with Crippen LogP contribution in [0.2, 0.25) is 0 Å². The summed E-state index contributed by atoms with van der Waals surface area (Å²) in [5, 5.41) is 0.768. The van der Waals surface area contributed by atoms with E-state index in [9.17, 15) is 4.79 Å². The summed E-state index contributed by atoms with van der Waals surface area (Å²) >= 11 is 0. The minimum absolute atomic E-state index is 0.139. The van der Waals surface area contributed by atoms with Crippen LogP contribution in [-0.4, -0.2) is 11.6 Å². The third-order valence-corrected chi connectivity index (χ3v) is 4.33. The van der Waals surface area contributed by atoms with Crippen molar-refractivity contribution in [1.82, 2.24) is 4.98 Å². The van der Waals surface area contributed by atoms with Crippen LogP contribution < -0.4 is 5.43 Å². The minimum Gasteiger partial charge on any atom is -0.377 e. The van der Waals surface area contributed by atoms with Crippen LogP contribution >= 0.6 is 0 Å². The summed E-state index contributed by atoms with van der Waals surface area (Å²) in [6.07, 6.45) is 2.87. The third kappa shape index (κ3) is 3.92. The van der Waals surface area contributed by atoms with Crippen molar-refractivity contribution in [2.24, 2.45) is 0 Å². The molecule has 0 aliphatic heterocycles. The second kappa shape index (κ2) is 7.93. The van der Waals surface area contributed by atoms with Crippen LogP contribution in [0.4, 0.5) is 0 Å². The molecular weight excluding hydrogens is 298 g/mol. The number of para-hydroxylation sites is 1. The maximum absolute atomic E-state index is 12.4. The number of benzene rings is 2. The molecule has 0 fully saturated rings. The smallest absolute Gasteiger partial charge is 0.192 e. The Morgan fingerprint density at radius 3 is 2.54 bits per heavy atom. The standard InChI is InChI=1S/C21H23NO2/c1-16-19(22-20-13-6-5-11-18(20)21(16)23)12-7-8-14-24-15-17-9-3-2-4-10-17/h2-6,9-11,13H,7-8,12,14-15H2,1H3,(H,22,23). The first-order chi connectivity index (χ1) is 11.8. The average Bonchev–Trinajstić information content (AvgIpc) is 2.63. The molecule has 0 radical (unpaired) electrons. The number of aromatic amines is 1. The van der Waals surface area contributed by atoms with Crippen LogP contribution in [0.5, 0.6) is 0 Å². The van der Waals surface area contributed by atoms with Gasteiger partial charge in [0, 0.05) is 28.8 Å². The molecule has 3 aromatic rings. The van der Waals surface area contributed by atoms with Crippen molar-refractivity contribution in [3.05, 3.63) is 81.6 Å². The van der Waals surface area contributed by atoms with Crippen LogP contribution in [0, 0.1) is 6.92 Å². The molecule has 1 aromatic heterocycles. The summed E-state index contributed by atoms with van der Waals surface area (Å²) < 4.78 is 5.71. The first kappa shape index (κ1) is 16.5. The summed E-state index contributed by atoms with van der Waals surface area (Å²) in [4.78, 5) is 15.8. The largest absolute Gasteiger partial charge is 0.377 e. The molecule has 3 nitrogen and oxygen atoms in total. The zero-order chi connectivity index (χ0) is 16.8. The van der Waals surface area contributed by atoms with Gasteiger partial charge in [0.1, 0.15) is 0 Å². The van der Waals surface area contributed by atoms with Gasteiger partial charge in [0.15, 0.2) is 5.43 Å². The van der Waals surface area contributed by atoms with Crippen LogP contribution in [0.1, 0.15) is 29.7 Å². The summed E-state index contributed by atoms with van der Waals surface area (Å²) in [6, 6.07) is 17.9. The van der Waals surface area contributed by atoms with Gasteiger partial charge in [-0.2, -0.15) is 0 Å². The number of rotatable bonds is 7. The molecule has 124 valence electrons. The van der Waals surface area contributed by atoms with Crippen molar-refractivity contribution < 1.29 is 4.74 Å². The number of pyridine rings is 1. The predicted octanol–water partition coefficient (Wildman–Crippen LogP) is 4.38. The highest BCUT2D eigenvalue weighted by Gasteiger charge is 2.07. The van der Waals surface area contributed by atoms with Crippen molar-refractivity contribution in [2.75, 3.05) is 6.61 Å². The van der Waals surface area contributed by atoms with Gasteiger partial charge in [0.25, 0.3) is 0 Å². The van der Waals surface area contributed by atoms with Crippen LogP contribution in [-0.2, 0) is 17.8 Å². The van der Waals surface area contributed by atoms with Crippen LogP contribution in [0.3, 0.4) is 0 Å². The summed E-state index contributed by atoms with van der Waals surface area (Å²) in [5.41, 5.74) is 4.14. The topological polar surface area (TPSA) is 42.1 Å². The second-order valence-electron chi connectivity index (χ2n) is 6.10. The third-order valence-electron chi connectivity index (χ3n) is 4.33. The molecule has 0 spiro atoms. The maximum atomic E-state index is 12.4. The molecular formula is C21H23NO2. The highest BCUT2D eigenvalue weighted by molar-refractivity contribution is 5.79. The Balaban J connectivity index is 1.51. The number of hydrogen-bond donors (Lipinski definition) is 1. The van der Waals surface area contributed by atoms with Crippen LogP contribution in [0.15, 0.2) is 59.4 Å². The maximum Gasteiger partial charge on any atom is 0.192 e. The number of hydrogen-bond acceptors (Lipinski definition) is 2. The molecule has 0 bridgehead atoms. The molecule has 3 heteroatoms. The average molecular weight is 321 g/mol. The van der Waals surface area contributed by atoms with Crippen molar-refractivity contribution >= 4 is 10.9 Å². The van der Waals surface area contributed by atoms with E-state index in [0.29, 0.717) is 6.61 Å². The summed E-state index contributed by atoms with van der Waals surface area (Å²) in [6.45, 7) is 3.31. The predicted molar refractivity (Wildman–Crippen MR) is 98.3 cm³/mol. The van der Waals surface area contributed by atoms with E-state index in [1.54, 1.807) is 0 Å². The van der Waals surface area contributed by atoms with Gasteiger partial charge in [-0.05, 0) is 43.9 Å². The fourth-order valence-corrected chi connectivity index (χ4v) is 2.91. The lowest BCUT2D eigenvalue weighted by atomic mass is 10.1. The number of aryl methyl sites for hydroxylation is 1. The van der Waals surface area contributed by atoms with Gasteiger partial charge < -0.3 is 9.72 Å². The van der Waals surface area contributed by atoms with E-state index >= 15 is 0 Å². The Kier molecular flexibility index (Phi) is 5.44. The Labute approximate surface area is 142 Å². The van der Waals surface area contributed by atoms with Crippen molar-refractivity contribution in [3.63, 3.8) is 0 Å². The highest BCUT2D eigenvalue weighted by atomic mass is 16.5. The number of nitrogens with one attached hydrogen (secondary N) is 1. The Hall–Kier alpha value is -2.39. The van der Waals surface area contributed by atoms with E-state index < -0.39 is 0 Å². The second-order valence-corrected chi connectivity index (χ2v) is 6.10. The Bertz CT molecular complexity index is 853. The Morgan fingerprint density at radius 2 is 1.71 bits per heavy atom. The number of fused-ring (bicyclic) bond motifs is 1. The molecule has 2 aromatic carbocycles. The lowest BCUT2D eigenvalue weighted by Gasteiger charge is -2.09. The van der Waals surface area contributed by atoms with Crippen LogP contribution in [0.25, 0.3) is 10.9 Å². The molecule has 3 rings (SSSR count). The Morgan fingerprint density at radius 1 is 0.958 bits per heavy atom. The number of unbranched alkanes of at least 4 members (excludes halogenated alkanes) is 1. The van der Waals surface area contributed by atoms with E-state index in [2.05, 4.69) is 17.1 Å². The summed E-state index contributed by atoms with van der Waals surface area (Å²) in [5.74, 6) is 0. The van der Waals surface area contributed by atoms with Gasteiger partial charge in [0.2, 0.25) is 0 Å². The van der Waals surface area contributed by atoms with Crippen molar-refractivity contribution in [1.29, 1.82) is 0 Å². The molecule has 0 saturated heterocycles. The molecule has 0 aliphatic carbocycles. The monoisotopic (exact) mass is 321 g/mol. The van der Waals surface area contributed by atoms with Gasteiger partial charge in [-0.25, -0.2) is 0 Å². The zero-order valence-electron chi connectivity index (χ0n) is 14.0. The molecule has 1 N–H and O–H groups in total. The van der Waals surface area contributed by atoms with Gasteiger partial charge in [-0.15, -0.1) is 0 Å². The van der Waals surface area contributed by atoms with Gasteiger partial charge in [-0.3, -0.25) is 4.79 Å². The highest BCUT2D eigenvalue weighted by Crippen LogP contribution is 2.13. The van der Waals surface area contributed by atoms with E-state index in [1.807, 2.05) is 49.4 Å². The summed E-state index contributed by atoms with van der Waals surface area (Å²) in [7, 11) is 0. The molecule has 0 unspecified atom stereocenters. The number of H-pyrrole nitrogens is 1. The first-order valence-corrected chi connectivity index (χ1v) is 8.48. The molecule has 1 heterocycles. The number of ether oxygens (including phenoxy) is 1. The number of aromatic nitrogens is 1. The fourth-order valence-electron chi connectivity index (χ4n) is 2.91. The zero-order valence-corrected chi connectivity index (χ0v) is 14.0. The lowest BCUT2D eigenvalue weighted by Crippen LogP contribution is -2.11. The van der Waals surface area contributed by atoms with Crippen molar-refractivity contribution in [2.45, 2.75) is 32.8 Å². The van der Waals surface area contributed by atoms with Gasteiger partial charge in [0.05, 0.1) is 6.61 Å². The van der Waals surface area contributed by atoms with E-state index in [4.69, 9.17) is 4.74 Å². The molecule has 24 heavy (non-hydrogen) atoms. The quantitative estimate of drug-likeness (QED) is 0.656. The van der Waals surface area contributed by atoms with Gasteiger partial charge in [-0.1, -0.05) is 42.5 Å².